The molecule has 3 heterocycles. The number of methoxy groups -OCH3 is 1. The van der Waals surface area contributed by atoms with E-state index in [4.69, 9.17) is 4.74 Å². The number of hydrogen-bond acceptors (Lipinski definition) is 6. The first-order valence-electron chi connectivity index (χ1n) is 14.4. The number of urea groups is 1. The standard InChI is InChI=1S/C32H34F3N5O5/c1-4-27-22(16-20(2)21-8-9-25-26(17-21)37-28(36-25)38-29(41)44-3)19-40(14-15-45-27)30(42)39-12-10-31(43,11-13-39)23-6-5-7-24(18-23)32(33,34)35/h4-9,16-18,43H,2,10-15,19H2,1,3H3,(H2,36,37,38,41)/b22-16-,27-4+. The highest BCUT2D eigenvalue weighted by Crippen LogP contribution is 2.37. The van der Waals surface area contributed by atoms with E-state index >= 15 is 0 Å². The maximum Gasteiger partial charge on any atom is 0.416 e. The van der Waals surface area contributed by atoms with Crippen molar-refractivity contribution in [1.29, 1.82) is 0 Å². The fourth-order valence-electron chi connectivity index (χ4n) is 5.52. The van der Waals surface area contributed by atoms with Crippen LogP contribution in [0.4, 0.5) is 28.7 Å². The lowest BCUT2D eigenvalue weighted by molar-refractivity contribution is -0.137. The normalized spacial score (nSPS) is 18.9. The summed E-state index contributed by atoms with van der Waals surface area (Å²) >= 11 is 0. The summed E-state index contributed by atoms with van der Waals surface area (Å²) in [5.41, 5.74) is 1.40. The van der Waals surface area contributed by atoms with E-state index in [1.807, 2.05) is 31.2 Å². The summed E-state index contributed by atoms with van der Waals surface area (Å²) in [5.74, 6) is 0.864. The Balaban J connectivity index is 1.29. The second-order valence-electron chi connectivity index (χ2n) is 10.9. The zero-order valence-corrected chi connectivity index (χ0v) is 24.9. The average molecular weight is 626 g/mol. The quantitative estimate of drug-likeness (QED) is 0.325. The topological polar surface area (TPSA) is 120 Å². The Hall–Kier alpha value is -4.78. The Morgan fingerprint density at radius 1 is 1.16 bits per heavy atom. The molecule has 238 valence electrons. The Morgan fingerprint density at radius 3 is 2.60 bits per heavy atom. The number of rotatable bonds is 4. The highest BCUT2D eigenvalue weighted by Gasteiger charge is 2.39. The van der Waals surface area contributed by atoms with Crippen LogP contribution in [0.3, 0.4) is 0 Å². The molecule has 0 aliphatic carbocycles. The van der Waals surface area contributed by atoms with Gasteiger partial charge >= 0.3 is 18.3 Å². The fourth-order valence-corrected chi connectivity index (χ4v) is 5.52. The van der Waals surface area contributed by atoms with Gasteiger partial charge in [-0.05, 0) is 72.9 Å². The van der Waals surface area contributed by atoms with Gasteiger partial charge in [0.2, 0.25) is 5.95 Å². The zero-order valence-electron chi connectivity index (χ0n) is 24.9. The number of ether oxygens (including phenoxy) is 2. The van der Waals surface area contributed by atoms with Gasteiger partial charge in [-0.25, -0.2) is 14.6 Å². The minimum absolute atomic E-state index is 0.108. The van der Waals surface area contributed by atoms with Crippen molar-refractivity contribution in [3.63, 3.8) is 0 Å². The van der Waals surface area contributed by atoms with Crippen molar-refractivity contribution in [1.82, 2.24) is 19.8 Å². The predicted molar refractivity (Wildman–Crippen MR) is 162 cm³/mol. The van der Waals surface area contributed by atoms with Gasteiger partial charge in [-0.1, -0.05) is 24.8 Å². The number of halogens is 3. The number of allylic oxidation sites excluding steroid dienone is 3. The number of aromatic nitrogens is 2. The monoisotopic (exact) mass is 625 g/mol. The summed E-state index contributed by atoms with van der Waals surface area (Å²) < 4.78 is 50.3. The third-order valence-electron chi connectivity index (χ3n) is 8.02. The van der Waals surface area contributed by atoms with E-state index in [1.165, 1.54) is 19.2 Å². The molecule has 0 radical (unpaired) electrons. The molecule has 0 atom stereocenters. The van der Waals surface area contributed by atoms with Crippen molar-refractivity contribution < 1.29 is 37.3 Å². The lowest BCUT2D eigenvalue weighted by atomic mass is 9.84. The number of H-pyrrole nitrogens is 1. The number of anilines is 1. The summed E-state index contributed by atoms with van der Waals surface area (Å²) in [6.07, 6.45) is -1.27. The second kappa shape index (κ2) is 12.7. The predicted octanol–water partition coefficient (Wildman–Crippen LogP) is 6.04. The number of hydrogen-bond donors (Lipinski definition) is 3. The number of aromatic amines is 1. The SMILES string of the molecule is C=C(/C=C1/CN(C(=O)N2CCC(O)(c3cccc(C(F)(F)F)c3)CC2)CCO/C1=C/C)c1ccc2nc(NC(=O)OC)[nH]c2c1. The molecule has 3 N–H and O–H groups in total. The highest BCUT2D eigenvalue weighted by molar-refractivity contribution is 5.88. The van der Waals surface area contributed by atoms with Crippen LogP contribution in [0.1, 0.15) is 36.5 Å². The van der Waals surface area contributed by atoms with Crippen molar-refractivity contribution >= 4 is 34.7 Å². The molecule has 3 amide bonds. The maximum absolute atomic E-state index is 13.6. The number of nitrogens with zero attached hydrogens (tertiary/aromatic N) is 3. The fraction of sp³-hybridized carbons (Fsp3) is 0.344. The number of amides is 3. The van der Waals surface area contributed by atoms with Gasteiger partial charge in [0.15, 0.2) is 0 Å². The first-order valence-corrected chi connectivity index (χ1v) is 14.4. The van der Waals surface area contributed by atoms with E-state index in [2.05, 4.69) is 26.6 Å². The Labute approximate surface area is 257 Å². The molecule has 2 fully saturated rings. The molecule has 0 unspecified atom stereocenters. The van der Waals surface area contributed by atoms with E-state index in [9.17, 15) is 27.9 Å². The molecule has 0 saturated carbocycles. The molecule has 1 aromatic heterocycles. The van der Waals surface area contributed by atoms with Crippen LogP contribution in [0, 0.1) is 0 Å². The molecule has 0 spiro atoms. The van der Waals surface area contributed by atoms with Crippen LogP contribution >= 0.6 is 0 Å². The van der Waals surface area contributed by atoms with Crippen LogP contribution in [0.25, 0.3) is 16.6 Å². The van der Waals surface area contributed by atoms with Gasteiger partial charge in [-0.15, -0.1) is 0 Å². The van der Waals surface area contributed by atoms with Gasteiger partial charge in [0, 0.05) is 18.7 Å². The van der Waals surface area contributed by atoms with Crippen molar-refractivity contribution in [3.8, 4) is 0 Å². The largest absolute Gasteiger partial charge is 0.492 e. The van der Waals surface area contributed by atoms with Crippen molar-refractivity contribution in [3.05, 3.63) is 89.2 Å². The van der Waals surface area contributed by atoms with E-state index in [-0.39, 0.29) is 56.6 Å². The van der Waals surface area contributed by atoms with Gasteiger partial charge < -0.3 is 29.4 Å². The smallest absolute Gasteiger partial charge is 0.416 e. The molecule has 2 aromatic carbocycles. The molecule has 2 aliphatic rings. The molecule has 2 aliphatic heterocycles. The first-order chi connectivity index (χ1) is 21.4. The van der Waals surface area contributed by atoms with E-state index < -0.39 is 23.4 Å². The Bertz CT molecular complexity index is 1670. The number of alkyl halides is 3. The lowest BCUT2D eigenvalue weighted by Crippen LogP contribution is -2.50. The minimum atomic E-state index is -4.52. The molecule has 3 aromatic rings. The summed E-state index contributed by atoms with van der Waals surface area (Å²) in [5, 5.41) is 13.7. The number of piperidine rings is 1. The number of imidazole rings is 1. The van der Waals surface area contributed by atoms with Crippen LogP contribution in [0.2, 0.25) is 0 Å². The van der Waals surface area contributed by atoms with Crippen molar-refractivity contribution in [2.75, 3.05) is 45.2 Å². The summed E-state index contributed by atoms with van der Waals surface area (Å²) in [7, 11) is 1.26. The lowest BCUT2D eigenvalue weighted by Gasteiger charge is -2.40. The summed E-state index contributed by atoms with van der Waals surface area (Å²) in [6, 6.07) is 9.97. The average Bonchev–Trinajstić information content (AvgIpc) is 3.31. The van der Waals surface area contributed by atoms with Gasteiger partial charge in [-0.3, -0.25) is 5.32 Å². The first kappa shape index (κ1) is 31.6. The third kappa shape index (κ3) is 6.98. The zero-order chi connectivity index (χ0) is 32.4. The van der Waals surface area contributed by atoms with Gasteiger partial charge in [0.05, 0.1) is 42.4 Å². The number of fused-ring (bicyclic) bond motifs is 1. The molecule has 2 saturated heterocycles. The molecule has 45 heavy (non-hydrogen) atoms. The van der Waals surface area contributed by atoms with Crippen LogP contribution in [0.15, 0.2) is 72.5 Å². The number of nitrogens with one attached hydrogen (secondary N) is 2. The maximum atomic E-state index is 13.6. The van der Waals surface area contributed by atoms with Crippen LogP contribution < -0.4 is 5.32 Å². The Morgan fingerprint density at radius 2 is 1.91 bits per heavy atom. The van der Waals surface area contributed by atoms with E-state index in [1.54, 1.807) is 15.9 Å². The Kier molecular flexibility index (Phi) is 8.91. The number of likely N-dealkylation sites (tertiary alicyclic amines) is 1. The number of aliphatic hydroxyl groups is 1. The molecular weight excluding hydrogens is 591 g/mol. The summed E-state index contributed by atoms with van der Waals surface area (Å²) in [6.45, 7) is 7.27. The highest BCUT2D eigenvalue weighted by atomic mass is 19.4. The van der Waals surface area contributed by atoms with Gasteiger partial charge in [-0.2, -0.15) is 13.2 Å². The number of carbonyl (C=O) groups excluding carboxylic acids is 2. The van der Waals surface area contributed by atoms with Crippen molar-refractivity contribution in [2.45, 2.75) is 31.5 Å². The summed E-state index contributed by atoms with van der Waals surface area (Å²) in [4.78, 5) is 35.8. The van der Waals surface area contributed by atoms with E-state index in [0.29, 0.717) is 28.9 Å². The minimum Gasteiger partial charge on any atom is -0.492 e. The third-order valence-corrected chi connectivity index (χ3v) is 8.02. The van der Waals surface area contributed by atoms with Crippen LogP contribution in [-0.4, -0.2) is 76.9 Å². The van der Waals surface area contributed by atoms with E-state index in [0.717, 1.165) is 23.3 Å². The molecule has 13 heteroatoms. The second-order valence-corrected chi connectivity index (χ2v) is 10.9. The molecular formula is C32H34F3N5O5. The van der Waals surface area contributed by atoms with Gasteiger partial charge in [0.25, 0.3) is 0 Å². The van der Waals surface area contributed by atoms with Crippen molar-refractivity contribution in [2.24, 2.45) is 0 Å². The molecule has 5 rings (SSSR count). The van der Waals surface area contributed by atoms with Gasteiger partial charge in [0.1, 0.15) is 12.4 Å². The molecule has 10 nitrogen and oxygen atoms in total. The van der Waals surface area contributed by atoms with Crippen LogP contribution in [0.5, 0.6) is 0 Å². The number of carbonyl (C=O) groups is 2. The molecule has 0 bridgehead atoms. The van der Waals surface area contributed by atoms with Crippen LogP contribution in [-0.2, 0) is 21.3 Å². The number of benzene rings is 2.